The number of carbonyl (C=O) groups excluding carboxylic acids is 1. The highest BCUT2D eigenvalue weighted by Gasteiger charge is 2.09. The van der Waals surface area contributed by atoms with Gasteiger partial charge in [-0.3, -0.25) is 4.79 Å². The van der Waals surface area contributed by atoms with E-state index in [1.807, 2.05) is 0 Å². The van der Waals surface area contributed by atoms with Crippen LogP contribution in [0.1, 0.15) is 57.7 Å². The fourth-order valence-electron chi connectivity index (χ4n) is 2.25. The van der Waals surface area contributed by atoms with E-state index in [4.69, 9.17) is 0 Å². The first-order valence-electron chi connectivity index (χ1n) is 8.15. The maximum absolute atomic E-state index is 11.7. The molecule has 0 fully saturated rings. The van der Waals surface area contributed by atoms with Crippen LogP contribution in [0.3, 0.4) is 0 Å². The van der Waals surface area contributed by atoms with Crippen molar-refractivity contribution in [3.05, 3.63) is 35.4 Å². The molecule has 1 aromatic rings. The lowest BCUT2D eigenvalue weighted by Crippen LogP contribution is -2.31. The van der Waals surface area contributed by atoms with E-state index in [0.29, 0.717) is 18.4 Å². The second-order valence-electron chi connectivity index (χ2n) is 5.96. The molecule has 0 bridgehead atoms. The molecule has 21 heavy (non-hydrogen) atoms. The Labute approximate surface area is 129 Å². The quantitative estimate of drug-likeness (QED) is 0.731. The van der Waals surface area contributed by atoms with E-state index in [0.717, 1.165) is 25.9 Å². The summed E-state index contributed by atoms with van der Waals surface area (Å²) >= 11 is 0. The van der Waals surface area contributed by atoms with Gasteiger partial charge in [-0.2, -0.15) is 0 Å². The zero-order valence-electron chi connectivity index (χ0n) is 13.9. The summed E-state index contributed by atoms with van der Waals surface area (Å²) in [6.45, 7) is 10.0. The van der Waals surface area contributed by atoms with Gasteiger partial charge in [-0.1, -0.05) is 52.0 Å². The Hall–Kier alpha value is -1.35. The molecule has 3 heteroatoms. The molecule has 2 N–H and O–H groups in total. The van der Waals surface area contributed by atoms with Crippen LogP contribution in [0.25, 0.3) is 0 Å². The second kappa shape index (κ2) is 9.56. The number of benzene rings is 1. The largest absolute Gasteiger partial charge is 0.356 e. The third-order valence-electron chi connectivity index (χ3n) is 3.65. The van der Waals surface area contributed by atoms with Gasteiger partial charge in [-0.15, -0.1) is 0 Å². The van der Waals surface area contributed by atoms with Crippen molar-refractivity contribution in [1.29, 1.82) is 0 Å². The van der Waals surface area contributed by atoms with Gasteiger partial charge in [-0.05, 0) is 29.9 Å². The maximum atomic E-state index is 11.7. The van der Waals surface area contributed by atoms with Crippen LogP contribution in [-0.4, -0.2) is 19.0 Å². The zero-order valence-corrected chi connectivity index (χ0v) is 13.9. The molecule has 0 aromatic heterocycles. The summed E-state index contributed by atoms with van der Waals surface area (Å²) in [4.78, 5) is 11.7. The lowest BCUT2D eigenvalue weighted by Gasteiger charge is -2.18. The van der Waals surface area contributed by atoms with Gasteiger partial charge in [0, 0.05) is 25.6 Å². The molecule has 0 spiro atoms. The molecule has 118 valence electrons. The van der Waals surface area contributed by atoms with Crippen LogP contribution < -0.4 is 10.6 Å². The molecule has 0 radical (unpaired) electrons. The van der Waals surface area contributed by atoms with E-state index in [-0.39, 0.29) is 5.91 Å². The molecule has 0 aliphatic carbocycles. The average molecular weight is 290 g/mol. The molecule has 1 unspecified atom stereocenters. The number of nitrogens with one attached hydrogen (secondary N) is 2. The molecule has 3 nitrogen and oxygen atoms in total. The van der Waals surface area contributed by atoms with Crippen LogP contribution in [0.2, 0.25) is 0 Å². The maximum Gasteiger partial charge on any atom is 0.221 e. The van der Waals surface area contributed by atoms with Crippen molar-refractivity contribution >= 4 is 5.91 Å². The first kappa shape index (κ1) is 17.7. The minimum atomic E-state index is 0.132. The minimum Gasteiger partial charge on any atom is -0.356 e. The predicted molar refractivity (Wildman–Crippen MR) is 89.3 cm³/mol. The van der Waals surface area contributed by atoms with Gasteiger partial charge >= 0.3 is 0 Å². The number of amides is 1. The predicted octanol–water partition coefficient (Wildman–Crippen LogP) is 3.45. The normalized spacial score (nSPS) is 12.4. The smallest absolute Gasteiger partial charge is 0.221 e. The van der Waals surface area contributed by atoms with Gasteiger partial charge in [0.25, 0.3) is 0 Å². The monoisotopic (exact) mass is 290 g/mol. The van der Waals surface area contributed by atoms with Crippen molar-refractivity contribution in [3.63, 3.8) is 0 Å². The molecule has 0 aliphatic rings. The summed E-state index contributed by atoms with van der Waals surface area (Å²) in [5, 5.41) is 6.43. The summed E-state index contributed by atoms with van der Waals surface area (Å²) < 4.78 is 0. The third kappa shape index (κ3) is 6.76. The number of hydrogen-bond donors (Lipinski definition) is 2. The average Bonchev–Trinajstić information content (AvgIpc) is 2.49. The van der Waals surface area contributed by atoms with E-state index in [1.165, 1.54) is 11.1 Å². The fraction of sp³-hybridized carbons (Fsp3) is 0.611. The van der Waals surface area contributed by atoms with Crippen molar-refractivity contribution in [3.8, 4) is 0 Å². The SMILES string of the molecule is CCc1ccc(C(CC)NCCC(=O)NCC(C)C)cc1. The Morgan fingerprint density at radius 1 is 1.14 bits per heavy atom. The van der Waals surface area contributed by atoms with Crippen LogP contribution in [0.15, 0.2) is 24.3 Å². The first-order valence-corrected chi connectivity index (χ1v) is 8.15. The minimum absolute atomic E-state index is 0.132. The Morgan fingerprint density at radius 3 is 2.33 bits per heavy atom. The lowest BCUT2D eigenvalue weighted by molar-refractivity contribution is -0.121. The van der Waals surface area contributed by atoms with Gasteiger partial charge in [0.05, 0.1) is 0 Å². The van der Waals surface area contributed by atoms with Crippen molar-refractivity contribution in [2.24, 2.45) is 5.92 Å². The Kier molecular flexibility index (Phi) is 8.06. The number of aryl methyl sites for hydroxylation is 1. The molecule has 0 heterocycles. The second-order valence-corrected chi connectivity index (χ2v) is 5.96. The molecule has 0 aliphatic heterocycles. The Morgan fingerprint density at radius 2 is 1.81 bits per heavy atom. The Balaban J connectivity index is 2.38. The zero-order chi connectivity index (χ0) is 15.7. The van der Waals surface area contributed by atoms with Gasteiger partial charge in [-0.25, -0.2) is 0 Å². The van der Waals surface area contributed by atoms with Crippen LogP contribution in [0, 0.1) is 5.92 Å². The molecule has 1 rings (SSSR count). The van der Waals surface area contributed by atoms with Crippen molar-refractivity contribution < 1.29 is 4.79 Å². The first-order chi connectivity index (χ1) is 10.1. The van der Waals surface area contributed by atoms with Crippen LogP contribution >= 0.6 is 0 Å². The van der Waals surface area contributed by atoms with E-state index in [1.54, 1.807) is 0 Å². The summed E-state index contributed by atoms with van der Waals surface area (Å²) in [6, 6.07) is 9.09. The summed E-state index contributed by atoms with van der Waals surface area (Å²) in [5.41, 5.74) is 2.67. The summed E-state index contributed by atoms with van der Waals surface area (Å²) in [7, 11) is 0. The lowest BCUT2D eigenvalue weighted by atomic mass is 10.0. The Bertz CT molecular complexity index is 412. The topological polar surface area (TPSA) is 41.1 Å². The van der Waals surface area contributed by atoms with Gasteiger partial charge in [0.2, 0.25) is 5.91 Å². The number of rotatable bonds is 9. The van der Waals surface area contributed by atoms with E-state index < -0.39 is 0 Å². The fourth-order valence-corrected chi connectivity index (χ4v) is 2.25. The molecule has 1 aromatic carbocycles. The van der Waals surface area contributed by atoms with Crippen molar-refractivity contribution in [2.75, 3.05) is 13.1 Å². The number of carbonyl (C=O) groups is 1. The highest BCUT2D eigenvalue weighted by molar-refractivity contribution is 5.76. The van der Waals surface area contributed by atoms with E-state index in [9.17, 15) is 4.79 Å². The molecular weight excluding hydrogens is 260 g/mol. The molecule has 0 saturated carbocycles. The van der Waals surface area contributed by atoms with Gasteiger partial charge < -0.3 is 10.6 Å². The van der Waals surface area contributed by atoms with Crippen molar-refractivity contribution in [1.82, 2.24) is 10.6 Å². The highest BCUT2D eigenvalue weighted by atomic mass is 16.1. The van der Waals surface area contributed by atoms with Crippen LogP contribution in [0.4, 0.5) is 0 Å². The van der Waals surface area contributed by atoms with Crippen molar-refractivity contribution in [2.45, 2.75) is 53.0 Å². The van der Waals surface area contributed by atoms with Crippen LogP contribution in [-0.2, 0) is 11.2 Å². The van der Waals surface area contributed by atoms with E-state index >= 15 is 0 Å². The molecule has 0 saturated heterocycles. The van der Waals surface area contributed by atoms with Gasteiger partial charge in [0.1, 0.15) is 0 Å². The number of hydrogen-bond acceptors (Lipinski definition) is 2. The van der Waals surface area contributed by atoms with Gasteiger partial charge in [0.15, 0.2) is 0 Å². The standard InChI is InChI=1S/C18H30N2O/c1-5-15-7-9-16(10-8-15)17(6-2)19-12-11-18(21)20-13-14(3)4/h7-10,14,17,19H,5-6,11-13H2,1-4H3,(H,20,21). The summed E-state index contributed by atoms with van der Waals surface area (Å²) in [5.74, 6) is 0.634. The van der Waals surface area contributed by atoms with Crippen LogP contribution in [0.5, 0.6) is 0 Å². The molecule has 1 amide bonds. The molecule has 1 atom stereocenters. The highest BCUT2D eigenvalue weighted by Crippen LogP contribution is 2.17. The van der Waals surface area contributed by atoms with E-state index in [2.05, 4.69) is 62.6 Å². The molecular formula is C18H30N2O. The third-order valence-corrected chi connectivity index (χ3v) is 3.65. The summed E-state index contributed by atoms with van der Waals surface area (Å²) in [6.07, 6.45) is 2.63.